The molecule has 132 valence electrons. The predicted octanol–water partition coefficient (Wildman–Crippen LogP) is 1.60. The Hall–Kier alpha value is -2.03. The van der Waals surface area contributed by atoms with E-state index in [9.17, 15) is 14.4 Å². The van der Waals surface area contributed by atoms with Gasteiger partial charge in [0.15, 0.2) is 5.11 Å². The molecule has 1 atom stereocenters. The van der Waals surface area contributed by atoms with E-state index in [1.54, 1.807) is 32.0 Å². The number of rotatable bonds is 2. The normalized spacial score (nSPS) is 22.6. The maximum absolute atomic E-state index is 12.8. The number of thiocarbonyl (C=S) groups is 1. The molecule has 7 nitrogen and oxygen atoms in total. The molecule has 0 bridgehead atoms. The van der Waals surface area contributed by atoms with E-state index >= 15 is 0 Å². The number of hydrazine groups is 1. The first-order chi connectivity index (χ1) is 11.6. The Morgan fingerprint density at radius 1 is 1.40 bits per heavy atom. The third kappa shape index (κ3) is 2.90. The number of hydrogen-bond acceptors (Lipinski definition) is 5. The van der Waals surface area contributed by atoms with E-state index in [0.717, 1.165) is 5.56 Å². The van der Waals surface area contributed by atoms with Crippen LogP contribution in [0, 0.1) is 6.92 Å². The number of hydrogen-bond donors (Lipinski definition) is 2. The Morgan fingerprint density at radius 3 is 2.72 bits per heavy atom. The zero-order valence-corrected chi connectivity index (χ0v) is 15.5. The van der Waals surface area contributed by atoms with Crippen LogP contribution in [0.4, 0.5) is 5.69 Å². The number of halogens is 1. The molecular weight excluding hydrogens is 364 g/mol. The minimum absolute atomic E-state index is 0.0111. The fourth-order valence-electron chi connectivity index (χ4n) is 2.96. The molecule has 2 N–H and O–H groups in total. The molecule has 25 heavy (non-hydrogen) atoms. The average molecular weight is 381 g/mol. The third-order valence-electron chi connectivity index (χ3n) is 4.40. The van der Waals surface area contributed by atoms with Crippen molar-refractivity contribution in [1.29, 1.82) is 0 Å². The lowest BCUT2D eigenvalue weighted by Gasteiger charge is -2.45. The number of fused-ring (bicyclic) bond motifs is 1. The second-order valence-electron chi connectivity index (χ2n) is 6.54. The van der Waals surface area contributed by atoms with Gasteiger partial charge < -0.3 is 5.32 Å². The maximum Gasteiger partial charge on any atom is 0.248 e. The van der Waals surface area contributed by atoms with Gasteiger partial charge >= 0.3 is 0 Å². The molecular formula is C16H17ClN4O3S. The summed E-state index contributed by atoms with van der Waals surface area (Å²) in [5, 5.41) is 8.42. The van der Waals surface area contributed by atoms with Crippen molar-refractivity contribution in [2.45, 2.75) is 38.8 Å². The maximum atomic E-state index is 12.8. The Labute approximate surface area is 155 Å². The van der Waals surface area contributed by atoms with Crippen molar-refractivity contribution in [1.82, 2.24) is 15.3 Å². The molecule has 3 rings (SSSR count). The summed E-state index contributed by atoms with van der Waals surface area (Å²) in [6.07, 6.45) is -0.0655. The molecule has 0 aliphatic carbocycles. The van der Waals surface area contributed by atoms with Crippen LogP contribution in [0.2, 0.25) is 5.02 Å². The molecule has 1 aromatic rings. The monoisotopic (exact) mass is 380 g/mol. The van der Waals surface area contributed by atoms with Crippen molar-refractivity contribution < 1.29 is 14.4 Å². The van der Waals surface area contributed by atoms with Crippen LogP contribution >= 0.6 is 23.8 Å². The largest absolute Gasteiger partial charge is 0.325 e. The Bertz CT molecular complexity index is 811. The van der Waals surface area contributed by atoms with Gasteiger partial charge in [0, 0.05) is 10.7 Å². The molecule has 3 amide bonds. The lowest BCUT2D eigenvalue weighted by molar-refractivity contribution is -0.154. The smallest absolute Gasteiger partial charge is 0.248 e. The molecule has 2 heterocycles. The van der Waals surface area contributed by atoms with E-state index in [4.69, 9.17) is 23.8 Å². The number of carbonyl (C=O) groups excluding carboxylic acids is 3. The average Bonchev–Trinajstić information content (AvgIpc) is 2.88. The Morgan fingerprint density at radius 2 is 2.08 bits per heavy atom. The predicted molar refractivity (Wildman–Crippen MR) is 96.7 cm³/mol. The SMILES string of the molecule is Cc1ccc(NC(=O)[C@H]2CC(=O)N3C(=S)NC(=O)C(C)(C)N23)cc1Cl. The highest BCUT2D eigenvalue weighted by Crippen LogP contribution is 2.33. The number of carbonyl (C=O) groups is 3. The number of nitrogens with one attached hydrogen (secondary N) is 2. The van der Waals surface area contributed by atoms with E-state index in [-0.39, 0.29) is 23.3 Å². The van der Waals surface area contributed by atoms with E-state index < -0.39 is 17.5 Å². The van der Waals surface area contributed by atoms with Gasteiger partial charge in [0.2, 0.25) is 17.7 Å². The van der Waals surface area contributed by atoms with E-state index in [0.29, 0.717) is 10.7 Å². The molecule has 0 saturated carbocycles. The molecule has 2 fully saturated rings. The van der Waals surface area contributed by atoms with Crippen LogP contribution in [-0.4, -0.2) is 44.4 Å². The first-order valence-corrected chi connectivity index (χ1v) is 8.46. The van der Waals surface area contributed by atoms with Crippen molar-refractivity contribution >= 4 is 52.3 Å². The molecule has 2 aliphatic rings. The number of nitrogens with zero attached hydrogens (tertiary/aromatic N) is 2. The van der Waals surface area contributed by atoms with Gasteiger partial charge in [-0.3, -0.25) is 19.7 Å². The van der Waals surface area contributed by atoms with Gasteiger partial charge in [0.25, 0.3) is 0 Å². The van der Waals surface area contributed by atoms with Gasteiger partial charge in [-0.15, -0.1) is 0 Å². The standard InChI is InChI=1S/C16H17ClN4O3S/c1-8-4-5-9(6-10(8)17)18-13(23)11-7-12(22)20-15(25)19-14(24)16(2,3)21(11)20/h4-6,11H,7H2,1-3H3,(H,18,23)(H,19,24,25)/t11-/m1/s1. The topological polar surface area (TPSA) is 81.8 Å². The summed E-state index contributed by atoms with van der Waals surface area (Å²) < 4.78 is 0. The molecule has 2 saturated heterocycles. The first kappa shape index (κ1) is 17.8. The lowest BCUT2D eigenvalue weighted by atomic mass is 10.00. The van der Waals surface area contributed by atoms with Crippen LogP contribution < -0.4 is 10.6 Å². The summed E-state index contributed by atoms with van der Waals surface area (Å²) in [5.41, 5.74) is 0.316. The quantitative estimate of drug-likeness (QED) is 0.761. The summed E-state index contributed by atoms with van der Waals surface area (Å²) in [4.78, 5) is 37.3. The van der Waals surface area contributed by atoms with E-state index in [2.05, 4.69) is 10.6 Å². The fourth-order valence-corrected chi connectivity index (χ4v) is 3.42. The zero-order valence-electron chi connectivity index (χ0n) is 13.9. The summed E-state index contributed by atoms with van der Waals surface area (Å²) in [5.74, 6) is -1.10. The van der Waals surface area contributed by atoms with Crippen LogP contribution in [0.25, 0.3) is 0 Å². The van der Waals surface area contributed by atoms with Gasteiger partial charge in [-0.05, 0) is 50.7 Å². The third-order valence-corrected chi connectivity index (χ3v) is 5.08. The van der Waals surface area contributed by atoms with Crippen LogP contribution in [-0.2, 0) is 14.4 Å². The number of aryl methyl sites for hydroxylation is 1. The van der Waals surface area contributed by atoms with Crippen molar-refractivity contribution in [3.05, 3.63) is 28.8 Å². The van der Waals surface area contributed by atoms with Crippen LogP contribution in [0.15, 0.2) is 18.2 Å². The van der Waals surface area contributed by atoms with Gasteiger partial charge in [-0.1, -0.05) is 17.7 Å². The summed E-state index contributed by atoms with van der Waals surface area (Å²) >= 11 is 11.2. The molecule has 0 aromatic heterocycles. The highest BCUT2D eigenvalue weighted by molar-refractivity contribution is 7.80. The van der Waals surface area contributed by atoms with Gasteiger partial charge in [-0.25, -0.2) is 5.01 Å². The lowest BCUT2D eigenvalue weighted by Crippen LogP contribution is -2.71. The number of benzene rings is 1. The second kappa shape index (κ2) is 6.05. The van der Waals surface area contributed by atoms with Gasteiger partial charge in [-0.2, -0.15) is 5.01 Å². The highest BCUT2D eigenvalue weighted by atomic mass is 35.5. The van der Waals surface area contributed by atoms with Crippen molar-refractivity contribution in [3.63, 3.8) is 0 Å². The molecule has 9 heteroatoms. The summed E-state index contributed by atoms with van der Waals surface area (Å²) in [6.45, 7) is 5.13. The fraction of sp³-hybridized carbons (Fsp3) is 0.375. The molecule has 1 aromatic carbocycles. The Kier molecular flexibility index (Phi) is 4.30. The first-order valence-electron chi connectivity index (χ1n) is 7.67. The van der Waals surface area contributed by atoms with Crippen LogP contribution in [0.1, 0.15) is 25.8 Å². The van der Waals surface area contributed by atoms with E-state index in [1.807, 2.05) is 6.92 Å². The van der Waals surface area contributed by atoms with Crippen molar-refractivity contribution in [3.8, 4) is 0 Å². The highest BCUT2D eigenvalue weighted by Gasteiger charge is 2.56. The molecule has 0 radical (unpaired) electrons. The molecule has 2 aliphatic heterocycles. The second-order valence-corrected chi connectivity index (χ2v) is 7.34. The molecule has 0 unspecified atom stereocenters. The molecule has 0 spiro atoms. The van der Waals surface area contributed by atoms with E-state index in [1.165, 1.54) is 10.0 Å². The zero-order chi connectivity index (χ0) is 18.5. The minimum atomic E-state index is -1.10. The van der Waals surface area contributed by atoms with Crippen molar-refractivity contribution in [2.75, 3.05) is 5.32 Å². The van der Waals surface area contributed by atoms with Crippen LogP contribution in [0.5, 0.6) is 0 Å². The van der Waals surface area contributed by atoms with Crippen molar-refractivity contribution in [2.24, 2.45) is 0 Å². The summed E-state index contributed by atoms with van der Waals surface area (Å²) in [6, 6.07) is 4.32. The van der Waals surface area contributed by atoms with Crippen LogP contribution in [0.3, 0.4) is 0 Å². The van der Waals surface area contributed by atoms with Gasteiger partial charge in [0.1, 0.15) is 11.6 Å². The minimum Gasteiger partial charge on any atom is -0.325 e. The number of anilines is 1. The number of amides is 3. The van der Waals surface area contributed by atoms with Gasteiger partial charge in [0.05, 0.1) is 6.42 Å². The Balaban J connectivity index is 1.89. The summed E-state index contributed by atoms with van der Waals surface area (Å²) in [7, 11) is 0.